The van der Waals surface area contributed by atoms with E-state index < -0.39 is 34.5 Å². The third kappa shape index (κ3) is 5.19. The van der Waals surface area contributed by atoms with Crippen molar-refractivity contribution in [3.8, 4) is 0 Å². The standard InChI is InChI=1S/C19H34O8/c1-8-18(26-15(3,4)5)22-10-17(11-23-18)12-24-19(9-2,25-13-17)27-16(6,7)14(20)21/h8-13H2,1-7H3,(H,20,21). The van der Waals surface area contributed by atoms with Crippen LogP contribution in [0.5, 0.6) is 0 Å². The quantitative estimate of drug-likeness (QED) is 0.740. The first-order valence-electron chi connectivity index (χ1n) is 9.50. The van der Waals surface area contributed by atoms with E-state index >= 15 is 0 Å². The highest BCUT2D eigenvalue weighted by molar-refractivity contribution is 5.76. The van der Waals surface area contributed by atoms with Gasteiger partial charge in [-0.25, -0.2) is 4.79 Å². The van der Waals surface area contributed by atoms with Crippen LogP contribution in [0.3, 0.4) is 0 Å². The zero-order valence-corrected chi connectivity index (χ0v) is 17.5. The van der Waals surface area contributed by atoms with E-state index in [1.165, 1.54) is 13.8 Å². The second-order valence-electron chi connectivity index (χ2n) is 8.86. The van der Waals surface area contributed by atoms with E-state index in [4.69, 9.17) is 28.4 Å². The van der Waals surface area contributed by atoms with Gasteiger partial charge in [0, 0.05) is 12.8 Å². The molecule has 2 heterocycles. The Hall–Kier alpha value is -0.770. The predicted molar refractivity (Wildman–Crippen MR) is 95.9 cm³/mol. The van der Waals surface area contributed by atoms with E-state index in [-0.39, 0.29) is 13.2 Å². The molecule has 2 fully saturated rings. The van der Waals surface area contributed by atoms with Gasteiger partial charge < -0.3 is 33.5 Å². The lowest BCUT2D eigenvalue weighted by Crippen LogP contribution is -2.62. The van der Waals surface area contributed by atoms with Crippen molar-refractivity contribution in [1.29, 1.82) is 0 Å². The average molecular weight is 390 g/mol. The Morgan fingerprint density at radius 2 is 1.22 bits per heavy atom. The number of carbonyl (C=O) groups is 1. The normalized spacial score (nSPS) is 35.4. The van der Waals surface area contributed by atoms with Crippen LogP contribution in [0.2, 0.25) is 0 Å². The largest absolute Gasteiger partial charge is 0.479 e. The number of ether oxygens (including phenoxy) is 6. The Kier molecular flexibility index (Phi) is 6.31. The van der Waals surface area contributed by atoms with Crippen LogP contribution in [-0.4, -0.2) is 60.7 Å². The van der Waals surface area contributed by atoms with Crippen LogP contribution in [-0.2, 0) is 33.2 Å². The van der Waals surface area contributed by atoms with Crippen molar-refractivity contribution in [1.82, 2.24) is 0 Å². The van der Waals surface area contributed by atoms with Crippen LogP contribution >= 0.6 is 0 Å². The minimum Gasteiger partial charge on any atom is -0.479 e. The number of rotatable bonds is 6. The summed E-state index contributed by atoms with van der Waals surface area (Å²) in [6.45, 7) is 13.8. The number of hydrogen-bond acceptors (Lipinski definition) is 7. The maximum atomic E-state index is 11.4. The summed E-state index contributed by atoms with van der Waals surface area (Å²) in [7, 11) is 0. The molecule has 0 aromatic heterocycles. The predicted octanol–water partition coefficient (Wildman–Crippen LogP) is 2.89. The number of aliphatic carboxylic acids is 1. The van der Waals surface area contributed by atoms with Crippen LogP contribution in [0, 0.1) is 5.41 Å². The minimum atomic E-state index is -1.43. The molecule has 0 atom stereocenters. The van der Waals surface area contributed by atoms with Gasteiger partial charge in [-0.3, -0.25) is 0 Å². The number of carboxylic acids is 1. The zero-order chi connectivity index (χ0) is 20.6. The molecule has 0 unspecified atom stereocenters. The number of carboxylic acid groups (broad SMARTS) is 1. The first-order valence-corrected chi connectivity index (χ1v) is 9.50. The summed E-state index contributed by atoms with van der Waals surface area (Å²) in [6.07, 6.45) is 0.907. The first kappa shape index (κ1) is 22.5. The van der Waals surface area contributed by atoms with Gasteiger partial charge in [0.25, 0.3) is 11.9 Å². The van der Waals surface area contributed by atoms with Crippen LogP contribution in [0.1, 0.15) is 61.3 Å². The van der Waals surface area contributed by atoms with Gasteiger partial charge in [0.2, 0.25) is 0 Å². The minimum absolute atomic E-state index is 0.270. The van der Waals surface area contributed by atoms with Crippen LogP contribution < -0.4 is 0 Å². The molecule has 0 radical (unpaired) electrons. The molecule has 1 N–H and O–H groups in total. The van der Waals surface area contributed by atoms with Crippen molar-refractivity contribution in [2.24, 2.45) is 5.41 Å². The SMILES string of the molecule is CCC1(OC(C)(C)C)OCC2(CO1)COC(CC)(OC(C)(C)C(=O)O)OC2. The van der Waals surface area contributed by atoms with Gasteiger partial charge in [0.1, 0.15) is 0 Å². The van der Waals surface area contributed by atoms with Gasteiger partial charge in [-0.2, -0.15) is 0 Å². The summed E-state index contributed by atoms with van der Waals surface area (Å²) in [4.78, 5) is 11.4. The summed E-state index contributed by atoms with van der Waals surface area (Å²) in [5.74, 6) is -3.56. The first-order chi connectivity index (χ1) is 12.3. The maximum Gasteiger partial charge on any atom is 0.335 e. The fourth-order valence-corrected chi connectivity index (χ4v) is 2.95. The molecule has 8 heteroatoms. The maximum absolute atomic E-state index is 11.4. The Bertz CT molecular complexity index is 518. The van der Waals surface area contributed by atoms with Gasteiger partial charge >= 0.3 is 5.97 Å². The van der Waals surface area contributed by atoms with Gasteiger partial charge in [0.15, 0.2) is 5.60 Å². The third-order valence-electron chi connectivity index (χ3n) is 4.65. The molecule has 2 saturated heterocycles. The van der Waals surface area contributed by atoms with Crippen molar-refractivity contribution in [2.45, 2.75) is 84.5 Å². The molecule has 0 aliphatic carbocycles. The van der Waals surface area contributed by atoms with Gasteiger partial charge in [-0.1, -0.05) is 13.8 Å². The Labute approximate surface area is 161 Å². The monoisotopic (exact) mass is 390 g/mol. The summed E-state index contributed by atoms with van der Waals surface area (Å²) in [5, 5.41) is 9.31. The Morgan fingerprint density at radius 3 is 1.52 bits per heavy atom. The van der Waals surface area contributed by atoms with E-state index in [0.29, 0.717) is 26.1 Å². The fraction of sp³-hybridized carbons (Fsp3) is 0.947. The third-order valence-corrected chi connectivity index (χ3v) is 4.65. The Morgan fingerprint density at radius 1 is 0.852 bits per heavy atom. The highest BCUT2D eigenvalue weighted by Gasteiger charge is 2.53. The summed E-state index contributed by atoms with van der Waals surface area (Å²) in [6, 6.07) is 0. The molecular weight excluding hydrogens is 356 g/mol. The van der Waals surface area contributed by atoms with Gasteiger partial charge in [0.05, 0.1) is 37.4 Å². The van der Waals surface area contributed by atoms with E-state index in [2.05, 4.69) is 0 Å². The molecule has 0 saturated carbocycles. The van der Waals surface area contributed by atoms with E-state index in [1.807, 2.05) is 34.6 Å². The van der Waals surface area contributed by atoms with Crippen LogP contribution in [0.25, 0.3) is 0 Å². The second-order valence-corrected chi connectivity index (χ2v) is 8.86. The summed E-state index contributed by atoms with van der Waals surface area (Å²) in [5.41, 5.74) is -2.33. The highest BCUT2D eigenvalue weighted by Crippen LogP contribution is 2.41. The van der Waals surface area contributed by atoms with Gasteiger partial charge in [-0.05, 0) is 34.6 Å². The van der Waals surface area contributed by atoms with Crippen LogP contribution in [0.4, 0.5) is 0 Å². The van der Waals surface area contributed by atoms with E-state index in [1.54, 1.807) is 0 Å². The van der Waals surface area contributed by atoms with Crippen LogP contribution in [0.15, 0.2) is 0 Å². The topological polar surface area (TPSA) is 92.7 Å². The molecule has 2 rings (SSSR count). The van der Waals surface area contributed by atoms with Crippen molar-refractivity contribution in [3.63, 3.8) is 0 Å². The molecular formula is C19H34O8. The van der Waals surface area contributed by atoms with Crippen molar-refractivity contribution in [2.75, 3.05) is 26.4 Å². The molecule has 0 aromatic carbocycles. The summed E-state index contributed by atoms with van der Waals surface area (Å²) < 4.78 is 35.4. The number of hydrogen-bond donors (Lipinski definition) is 1. The second kappa shape index (κ2) is 7.57. The molecule has 0 amide bonds. The highest BCUT2D eigenvalue weighted by atomic mass is 16.9. The molecule has 0 aromatic rings. The molecule has 0 bridgehead atoms. The average Bonchev–Trinajstić information content (AvgIpc) is 2.58. The molecule has 8 nitrogen and oxygen atoms in total. The lowest BCUT2D eigenvalue weighted by Gasteiger charge is -2.51. The van der Waals surface area contributed by atoms with E-state index in [9.17, 15) is 9.90 Å². The molecule has 2 aliphatic rings. The van der Waals surface area contributed by atoms with E-state index in [0.717, 1.165) is 0 Å². The lowest BCUT2D eigenvalue weighted by atomic mass is 9.90. The Balaban J connectivity index is 2.01. The zero-order valence-electron chi connectivity index (χ0n) is 17.5. The lowest BCUT2D eigenvalue weighted by molar-refractivity contribution is -0.480. The summed E-state index contributed by atoms with van der Waals surface area (Å²) >= 11 is 0. The van der Waals surface area contributed by atoms with Gasteiger partial charge in [-0.15, -0.1) is 0 Å². The smallest absolute Gasteiger partial charge is 0.335 e. The van der Waals surface area contributed by atoms with Crippen molar-refractivity contribution < 1.29 is 38.3 Å². The molecule has 27 heavy (non-hydrogen) atoms. The fourth-order valence-electron chi connectivity index (χ4n) is 2.95. The van der Waals surface area contributed by atoms with Crippen molar-refractivity contribution in [3.05, 3.63) is 0 Å². The molecule has 2 aliphatic heterocycles. The molecule has 1 spiro atoms. The molecule has 158 valence electrons. The van der Waals surface area contributed by atoms with Crippen molar-refractivity contribution >= 4 is 5.97 Å².